The van der Waals surface area contributed by atoms with E-state index in [2.05, 4.69) is 4.98 Å². The van der Waals surface area contributed by atoms with Crippen LogP contribution in [0.3, 0.4) is 0 Å². The number of aromatic carboxylic acids is 1. The highest BCUT2D eigenvalue weighted by atomic mass is 32.2. The lowest BCUT2D eigenvalue weighted by Crippen LogP contribution is -2.37. The number of carboxylic acids is 1. The molecule has 8 heteroatoms. The van der Waals surface area contributed by atoms with Crippen molar-refractivity contribution >= 4 is 16.0 Å². The van der Waals surface area contributed by atoms with E-state index in [0.29, 0.717) is 19.7 Å². The number of H-pyrrole nitrogens is 1. The van der Waals surface area contributed by atoms with Gasteiger partial charge in [-0.2, -0.15) is 4.31 Å². The van der Waals surface area contributed by atoms with Crippen molar-refractivity contribution in [3.05, 3.63) is 18.0 Å². The van der Waals surface area contributed by atoms with Gasteiger partial charge in [-0.3, -0.25) is 0 Å². The molecule has 1 aromatic heterocycles. The Hall–Kier alpha value is -1.38. The number of ether oxygens (including phenoxy) is 1. The molecule has 1 saturated heterocycles. The van der Waals surface area contributed by atoms with E-state index in [0.717, 1.165) is 18.9 Å². The number of nitrogens with zero attached hydrogens (tertiary/aromatic N) is 1. The van der Waals surface area contributed by atoms with Crippen LogP contribution in [-0.2, 0) is 14.8 Å². The molecule has 1 aliphatic rings. The Labute approximate surface area is 117 Å². The fourth-order valence-corrected chi connectivity index (χ4v) is 3.68. The Morgan fingerprint density at radius 3 is 2.85 bits per heavy atom. The zero-order valence-electron chi connectivity index (χ0n) is 11.2. The molecule has 1 unspecified atom stereocenters. The SMILES string of the molecule is CCN(CC1CCCO1)S(=O)(=O)c1c[nH]c(C(=O)O)c1. The second kappa shape index (κ2) is 5.94. The Morgan fingerprint density at radius 1 is 1.60 bits per heavy atom. The summed E-state index contributed by atoms with van der Waals surface area (Å²) in [6.07, 6.45) is 2.91. The monoisotopic (exact) mass is 302 g/mol. The standard InChI is InChI=1S/C12H18N2O5S/c1-2-14(8-9-4-3-5-19-9)20(17,18)10-6-11(12(15)16)13-7-10/h6-7,9,13H,2-5,8H2,1H3,(H,15,16). The minimum Gasteiger partial charge on any atom is -0.477 e. The van der Waals surface area contributed by atoms with Crippen molar-refractivity contribution in [1.82, 2.24) is 9.29 Å². The predicted molar refractivity (Wildman–Crippen MR) is 71.2 cm³/mol. The van der Waals surface area contributed by atoms with Crippen LogP contribution in [0.2, 0.25) is 0 Å². The van der Waals surface area contributed by atoms with Crippen LogP contribution in [0.15, 0.2) is 17.2 Å². The minimum absolute atomic E-state index is 0.0326. The summed E-state index contributed by atoms with van der Waals surface area (Å²) in [5.74, 6) is -1.19. The van der Waals surface area contributed by atoms with Crippen LogP contribution in [0.25, 0.3) is 0 Å². The van der Waals surface area contributed by atoms with Gasteiger partial charge in [0.25, 0.3) is 0 Å². The first-order valence-electron chi connectivity index (χ1n) is 6.48. The number of hydrogen-bond donors (Lipinski definition) is 2. The summed E-state index contributed by atoms with van der Waals surface area (Å²) in [6.45, 7) is 3.02. The summed E-state index contributed by atoms with van der Waals surface area (Å²) < 4.78 is 31.7. The fraction of sp³-hybridized carbons (Fsp3) is 0.583. The van der Waals surface area contributed by atoms with Crippen molar-refractivity contribution in [2.24, 2.45) is 0 Å². The molecule has 7 nitrogen and oxygen atoms in total. The van der Waals surface area contributed by atoms with Gasteiger partial charge in [-0.05, 0) is 18.9 Å². The zero-order valence-corrected chi connectivity index (χ0v) is 12.0. The molecule has 0 bridgehead atoms. The molecule has 20 heavy (non-hydrogen) atoms. The lowest BCUT2D eigenvalue weighted by molar-refractivity contribution is 0.0691. The predicted octanol–water partition coefficient (Wildman–Crippen LogP) is 0.903. The number of likely N-dealkylation sites (N-methyl/N-ethyl adjacent to an activating group) is 1. The van der Waals surface area contributed by atoms with Crippen LogP contribution < -0.4 is 0 Å². The Kier molecular flexibility index (Phi) is 4.46. The van der Waals surface area contributed by atoms with E-state index in [9.17, 15) is 13.2 Å². The lowest BCUT2D eigenvalue weighted by Gasteiger charge is -2.22. The summed E-state index contributed by atoms with van der Waals surface area (Å²) in [6, 6.07) is 1.13. The van der Waals surface area contributed by atoms with Crippen LogP contribution in [0.1, 0.15) is 30.3 Å². The molecule has 1 aliphatic heterocycles. The number of carboxylic acid groups (broad SMARTS) is 1. The van der Waals surface area contributed by atoms with Crippen molar-refractivity contribution in [3.63, 3.8) is 0 Å². The van der Waals surface area contributed by atoms with Crippen LogP contribution in [-0.4, -0.2) is 54.6 Å². The normalized spacial score (nSPS) is 19.6. The Bertz CT molecular complexity index is 574. The molecule has 2 rings (SSSR count). The van der Waals surface area contributed by atoms with Crippen molar-refractivity contribution in [2.45, 2.75) is 30.8 Å². The largest absolute Gasteiger partial charge is 0.477 e. The summed E-state index contributed by atoms with van der Waals surface area (Å²) in [7, 11) is -3.69. The number of aromatic amines is 1. The van der Waals surface area contributed by atoms with E-state index >= 15 is 0 Å². The molecule has 0 aliphatic carbocycles. The summed E-state index contributed by atoms with van der Waals surface area (Å²) >= 11 is 0. The summed E-state index contributed by atoms with van der Waals surface area (Å²) in [4.78, 5) is 13.2. The number of aromatic nitrogens is 1. The van der Waals surface area contributed by atoms with Crippen LogP contribution in [0.5, 0.6) is 0 Å². The molecule has 0 spiro atoms. The summed E-state index contributed by atoms with van der Waals surface area (Å²) in [5, 5.41) is 8.83. The molecule has 0 aromatic carbocycles. The maximum absolute atomic E-state index is 12.4. The van der Waals surface area contributed by atoms with Gasteiger partial charge in [-0.25, -0.2) is 13.2 Å². The van der Waals surface area contributed by atoms with Gasteiger partial charge in [-0.15, -0.1) is 0 Å². The van der Waals surface area contributed by atoms with Crippen molar-refractivity contribution in [3.8, 4) is 0 Å². The molecule has 0 amide bonds. The van der Waals surface area contributed by atoms with Gasteiger partial charge in [0.15, 0.2) is 0 Å². The number of sulfonamides is 1. The minimum atomic E-state index is -3.69. The van der Waals surface area contributed by atoms with Gasteiger partial charge in [0.05, 0.1) is 6.10 Å². The van der Waals surface area contributed by atoms with Crippen molar-refractivity contribution in [1.29, 1.82) is 0 Å². The average Bonchev–Trinajstić information content (AvgIpc) is 3.06. The highest BCUT2D eigenvalue weighted by Gasteiger charge is 2.29. The molecule has 112 valence electrons. The van der Waals surface area contributed by atoms with Crippen molar-refractivity contribution in [2.75, 3.05) is 19.7 Å². The molecule has 0 radical (unpaired) electrons. The van der Waals surface area contributed by atoms with Gasteiger partial charge in [0.2, 0.25) is 10.0 Å². The first kappa shape index (κ1) is 15.0. The highest BCUT2D eigenvalue weighted by Crippen LogP contribution is 2.20. The third kappa shape index (κ3) is 3.02. The molecule has 1 aromatic rings. The number of nitrogens with one attached hydrogen (secondary N) is 1. The van der Waals surface area contributed by atoms with Gasteiger partial charge in [-0.1, -0.05) is 6.92 Å². The van der Waals surface area contributed by atoms with E-state index < -0.39 is 16.0 Å². The Balaban J connectivity index is 2.18. The highest BCUT2D eigenvalue weighted by molar-refractivity contribution is 7.89. The molecule has 1 atom stereocenters. The first-order valence-corrected chi connectivity index (χ1v) is 7.92. The van der Waals surface area contributed by atoms with Gasteiger partial charge in [0.1, 0.15) is 10.6 Å². The molecular weight excluding hydrogens is 284 g/mol. The molecular formula is C12H18N2O5S. The van der Waals surface area contributed by atoms with Gasteiger partial charge >= 0.3 is 5.97 Å². The maximum Gasteiger partial charge on any atom is 0.352 e. The van der Waals surface area contributed by atoms with E-state index in [1.165, 1.54) is 10.5 Å². The molecule has 2 N–H and O–H groups in total. The van der Waals surface area contributed by atoms with E-state index in [4.69, 9.17) is 9.84 Å². The average molecular weight is 302 g/mol. The fourth-order valence-electron chi connectivity index (χ4n) is 2.21. The van der Waals surface area contributed by atoms with Gasteiger partial charge < -0.3 is 14.8 Å². The second-order valence-corrected chi connectivity index (χ2v) is 6.58. The molecule has 1 fully saturated rings. The number of hydrogen-bond acceptors (Lipinski definition) is 4. The second-order valence-electron chi connectivity index (χ2n) is 4.64. The lowest BCUT2D eigenvalue weighted by atomic mass is 10.2. The third-order valence-electron chi connectivity index (χ3n) is 3.31. The van der Waals surface area contributed by atoms with E-state index in [1.807, 2.05) is 0 Å². The van der Waals surface area contributed by atoms with E-state index in [-0.39, 0.29) is 16.7 Å². The summed E-state index contributed by atoms with van der Waals surface area (Å²) in [5.41, 5.74) is -0.142. The maximum atomic E-state index is 12.4. The molecule has 0 saturated carbocycles. The zero-order chi connectivity index (χ0) is 14.8. The van der Waals surface area contributed by atoms with Crippen LogP contribution in [0, 0.1) is 0 Å². The molecule has 2 heterocycles. The van der Waals surface area contributed by atoms with E-state index in [1.54, 1.807) is 6.92 Å². The number of rotatable bonds is 6. The number of carbonyl (C=O) groups is 1. The first-order chi connectivity index (χ1) is 9.45. The van der Waals surface area contributed by atoms with Crippen LogP contribution >= 0.6 is 0 Å². The smallest absolute Gasteiger partial charge is 0.352 e. The van der Waals surface area contributed by atoms with Crippen molar-refractivity contribution < 1.29 is 23.1 Å². The quantitative estimate of drug-likeness (QED) is 0.813. The van der Waals surface area contributed by atoms with Gasteiger partial charge in [0, 0.05) is 25.9 Å². The topological polar surface area (TPSA) is 99.7 Å². The van der Waals surface area contributed by atoms with Crippen LogP contribution in [0.4, 0.5) is 0 Å². The Morgan fingerprint density at radius 2 is 2.35 bits per heavy atom. The third-order valence-corrected chi connectivity index (χ3v) is 5.23.